The molecule has 0 atom stereocenters. The van der Waals surface area contributed by atoms with Gasteiger partial charge in [-0.05, 0) is 55.5 Å². The number of guanidine groups is 1. The Morgan fingerprint density at radius 2 is 1.84 bits per heavy atom. The van der Waals surface area contributed by atoms with Crippen LogP contribution in [0.15, 0.2) is 52.1 Å². The maximum atomic E-state index is 5.47. The first-order chi connectivity index (χ1) is 15.8. The van der Waals surface area contributed by atoms with Crippen LogP contribution in [0.5, 0.6) is 5.75 Å². The summed E-state index contributed by atoms with van der Waals surface area (Å²) in [5.74, 6) is 2.76. The molecule has 2 aliphatic rings. The smallest absolute Gasteiger partial charge is 0.191 e. The molecule has 1 saturated heterocycles. The van der Waals surface area contributed by atoms with E-state index in [1.165, 1.54) is 63.6 Å². The summed E-state index contributed by atoms with van der Waals surface area (Å²) in [6.45, 7) is 3.82. The molecule has 0 radical (unpaired) electrons. The number of furan rings is 1. The molecule has 6 nitrogen and oxygen atoms in total. The zero-order valence-corrected chi connectivity index (χ0v) is 19.4. The third-order valence-electron chi connectivity index (χ3n) is 6.78. The molecule has 0 unspecified atom stereocenters. The first-order valence-corrected chi connectivity index (χ1v) is 12.2. The quantitative estimate of drug-likeness (QED) is 0.474. The predicted octanol–water partition coefficient (Wildman–Crippen LogP) is 4.36. The Morgan fingerprint density at radius 1 is 1.06 bits per heavy atom. The van der Waals surface area contributed by atoms with Crippen LogP contribution in [0.4, 0.5) is 0 Å². The second-order valence-electron chi connectivity index (χ2n) is 9.02. The molecule has 0 spiro atoms. The first kappa shape index (κ1) is 22.7. The van der Waals surface area contributed by atoms with Crippen molar-refractivity contribution in [1.82, 2.24) is 15.5 Å². The van der Waals surface area contributed by atoms with Gasteiger partial charge in [0.1, 0.15) is 11.5 Å². The number of rotatable bonds is 8. The minimum atomic E-state index is 0.473. The molecule has 1 aromatic heterocycles. The fourth-order valence-electron chi connectivity index (χ4n) is 4.86. The Kier molecular flexibility index (Phi) is 8.49. The fourth-order valence-corrected chi connectivity index (χ4v) is 4.86. The summed E-state index contributed by atoms with van der Waals surface area (Å²) in [4.78, 5) is 7.61. The molecule has 1 aliphatic heterocycles. The lowest BCUT2D eigenvalue weighted by molar-refractivity contribution is 0.119. The van der Waals surface area contributed by atoms with E-state index < -0.39 is 0 Å². The first-order valence-electron chi connectivity index (χ1n) is 12.2. The summed E-state index contributed by atoms with van der Waals surface area (Å²) in [6, 6.07) is 13.4. The Hall–Kier alpha value is -2.47. The molecule has 1 aromatic carbocycles. The molecule has 0 amide bonds. The molecular weight excluding hydrogens is 400 g/mol. The van der Waals surface area contributed by atoms with Crippen molar-refractivity contribution in [2.24, 2.45) is 4.99 Å². The third kappa shape index (κ3) is 6.76. The number of hydrogen-bond donors (Lipinski definition) is 2. The van der Waals surface area contributed by atoms with Gasteiger partial charge in [0.15, 0.2) is 5.96 Å². The summed E-state index contributed by atoms with van der Waals surface area (Å²) >= 11 is 0. The van der Waals surface area contributed by atoms with Crippen molar-refractivity contribution in [3.8, 4) is 5.75 Å². The number of hydrogen-bond acceptors (Lipinski definition) is 4. The largest absolute Gasteiger partial charge is 0.497 e. The molecule has 2 N–H and O–H groups in total. The van der Waals surface area contributed by atoms with Crippen molar-refractivity contribution in [2.75, 3.05) is 26.7 Å². The number of ether oxygens (including phenoxy) is 1. The Labute approximate surface area is 192 Å². The van der Waals surface area contributed by atoms with Crippen molar-refractivity contribution in [3.05, 3.63) is 54.0 Å². The van der Waals surface area contributed by atoms with Gasteiger partial charge in [0, 0.05) is 38.1 Å². The molecule has 0 bridgehead atoms. The van der Waals surface area contributed by atoms with E-state index in [2.05, 4.69) is 27.7 Å². The maximum Gasteiger partial charge on any atom is 0.191 e. The van der Waals surface area contributed by atoms with E-state index >= 15 is 0 Å². The van der Waals surface area contributed by atoms with E-state index in [-0.39, 0.29) is 0 Å². The summed E-state index contributed by atoms with van der Waals surface area (Å²) in [5, 5.41) is 7.22. The zero-order valence-electron chi connectivity index (χ0n) is 19.4. The molecule has 2 fully saturated rings. The Balaban J connectivity index is 1.31. The van der Waals surface area contributed by atoms with Crippen molar-refractivity contribution >= 4 is 5.96 Å². The number of nitrogens with one attached hydrogen (secondary N) is 2. The van der Waals surface area contributed by atoms with Crippen LogP contribution < -0.4 is 15.4 Å². The Bertz CT molecular complexity index is 805. The monoisotopic (exact) mass is 438 g/mol. The van der Waals surface area contributed by atoms with Gasteiger partial charge in [-0.2, -0.15) is 0 Å². The molecule has 1 aliphatic carbocycles. The minimum Gasteiger partial charge on any atom is -0.497 e. The lowest BCUT2D eigenvalue weighted by Gasteiger charge is -2.39. The molecular formula is C26H38N4O2. The average Bonchev–Trinajstić information content (AvgIpc) is 3.37. The highest BCUT2D eigenvalue weighted by molar-refractivity contribution is 5.80. The van der Waals surface area contributed by atoms with Gasteiger partial charge in [0.25, 0.3) is 0 Å². The van der Waals surface area contributed by atoms with Gasteiger partial charge in [-0.15, -0.1) is 0 Å². The highest BCUT2D eigenvalue weighted by Crippen LogP contribution is 2.25. The van der Waals surface area contributed by atoms with Crippen LogP contribution in [0.1, 0.15) is 56.3 Å². The summed E-state index contributed by atoms with van der Waals surface area (Å²) < 4.78 is 10.7. The van der Waals surface area contributed by atoms with Crippen LogP contribution in [0.3, 0.4) is 0 Å². The van der Waals surface area contributed by atoms with Crippen LogP contribution in [-0.4, -0.2) is 49.7 Å². The molecule has 4 rings (SSSR count). The van der Waals surface area contributed by atoms with Crippen molar-refractivity contribution < 1.29 is 9.15 Å². The summed E-state index contributed by atoms with van der Waals surface area (Å²) in [6.07, 6.45) is 11.9. The van der Waals surface area contributed by atoms with Crippen LogP contribution in [-0.2, 0) is 13.0 Å². The van der Waals surface area contributed by atoms with Crippen LogP contribution in [0.25, 0.3) is 0 Å². The number of nitrogens with zero attached hydrogens (tertiary/aromatic N) is 2. The van der Waals surface area contributed by atoms with Gasteiger partial charge in [0.05, 0.1) is 19.9 Å². The van der Waals surface area contributed by atoms with E-state index in [4.69, 9.17) is 14.1 Å². The Morgan fingerprint density at radius 3 is 2.53 bits per heavy atom. The maximum absolute atomic E-state index is 5.47. The molecule has 32 heavy (non-hydrogen) atoms. The van der Waals surface area contributed by atoms with E-state index in [1.54, 1.807) is 13.4 Å². The number of methoxy groups -OCH3 is 1. The van der Waals surface area contributed by atoms with E-state index in [9.17, 15) is 0 Å². The topological polar surface area (TPSA) is 62.0 Å². The zero-order chi connectivity index (χ0) is 22.0. The number of aliphatic imine (C=N–C) groups is 1. The number of benzene rings is 1. The minimum absolute atomic E-state index is 0.473. The van der Waals surface area contributed by atoms with Crippen LogP contribution >= 0.6 is 0 Å². The average molecular weight is 439 g/mol. The highest BCUT2D eigenvalue weighted by Gasteiger charge is 2.26. The predicted molar refractivity (Wildman–Crippen MR) is 129 cm³/mol. The highest BCUT2D eigenvalue weighted by atomic mass is 16.5. The van der Waals surface area contributed by atoms with E-state index in [0.717, 1.165) is 36.5 Å². The van der Waals surface area contributed by atoms with Gasteiger partial charge in [-0.1, -0.05) is 31.4 Å². The van der Waals surface area contributed by atoms with Gasteiger partial charge in [-0.3, -0.25) is 0 Å². The third-order valence-corrected chi connectivity index (χ3v) is 6.78. The van der Waals surface area contributed by atoms with E-state index in [0.29, 0.717) is 12.6 Å². The van der Waals surface area contributed by atoms with Crippen molar-refractivity contribution in [3.63, 3.8) is 0 Å². The number of likely N-dealkylation sites (tertiary alicyclic amines) is 1. The second-order valence-corrected chi connectivity index (χ2v) is 9.02. The van der Waals surface area contributed by atoms with Gasteiger partial charge >= 0.3 is 0 Å². The van der Waals surface area contributed by atoms with Gasteiger partial charge in [-0.25, -0.2) is 4.99 Å². The van der Waals surface area contributed by atoms with Crippen LogP contribution in [0, 0.1) is 0 Å². The molecule has 2 aromatic rings. The van der Waals surface area contributed by atoms with Gasteiger partial charge in [0.2, 0.25) is 0 Å². The summed E-state index contributed by atoms with van der Waals surface area (Å²) in [7, 11) is 1.69. The summed E-state index contributed by atoms with van der Waals surface area (Å²) in [5.41, 5.74) is 1.17. The number of piperidine rings is 1. The lowest BCUT2D eigenvalue weighted by Crippen LogP contribution is -2.51. The van der Waals surface area contributed by atoms with E-state index in [1.807, 2.05) is 24.3 Å². The SMILES string of the molecule is COc1ccc(CN=C(NCCc2ccco2)NC2CCN(C3CCCCC3)CC2)cc1. The standard InChI is InChI=1S/C26H38N4O2/c1-31-24-11-9-21(10-12-24)20-28-26(27-16-13-25-8-5-19-32-25)29-22-14-17-30(18-15-22)23-6-3-2-4-7-23/h5,8-12,19,22-23H,2-4,6-7,13-18,20H2,1H3,(H2,27,28,29). The van der Waals surface area contributed by atoms with Crippen molar-refractivity contribution in [2.45, 2.75) is 70.0 Å². The second kappa shape index (κ2) is 12.0. The van der Waals surface area contributed by atoms with Crippen LogP contribution in [0.2, 0.25) is 0 Å². The molecule has 2 heterocycles. The lowest BCUT2D eigenvalue weighted by atomic mass is 9.92. The van der Waals surface area contributed by atoms with Gasteiger partial charge < -0.3 is 24.7 Å². The molecule has 1 saturated carbocycles. The fraction of sp³-hybridized carbons (Fsp3) is 0.577. The van der Waals surface area contributed by atoms with Crippen molar-refractivity contribution in [1.29, 1.82) is 0 Å². The molecule has 6 heteroatoms. The molecule has 174 valence electrons. The normalized spacial score (nSPS) is 19.1.